The summed E-state index contributed by atoms with van der Waals surface area (Å²) in [5, 5.41) is 3.40. The second-order valence-electron chi connectivity index (χ2n) is 4.38. The van der Waals surface area contributed by atoms with Crippen molar-refractivity contribution in [3.05, 3.63) is 0 Å². The molecule has 1 N–H and O–H groups in total. The molecule has 1 aliphatic carbocycles. The van der Waals surface area contributed by atoms with Crippen molar-refractivity contribution in [3.63, 3.8) is 0 Å². The Morgan fingerprint density at radius 3 is 2.42 bits per heavy atom. The molecule has 1 saturated carbocycles. The molecule has 0 radical (unpaired) electrons. The van der Waals surface area contributed by atoms with Crippen LogP contribution in [0, 0.1) is 5.41 Å². The summed E-state index contributed by atoms with van der Waals surface area (Å²) in [6.45, 7) is 8.63. The van der Waals surface area contributed by atoms with Crippen LogP contribution in [0.1, 0.15) is 26.2 Å². The SMILES string of the molecule is CCC1(CN2CCNCC2)CC1. The molecule has 1 saturated heterocycles. The Bertz CT molecular complexity index is 146. The van der Waals surface area contributed by atoms with Crippen molar-refractivity contribution in [2.45, 2.75) is 26.2 Å². The van der Waals surface area contributed by atoms with E-state index in [9.17, 15) is 0 Å². The molecule has 1 heterocycles. The largest absolute Gasteiger partial charge is 0.314 e. The van der Waals surface area contributed by atoms with Gasteiger partial charge in [-0.1, -0.05) is 6.92 Å². The van der Waals surface area contributed by atoms with E-state index in [-0.39, 0.29) is 0 Å². The van der Waals surface area contributed by atoms with E-state index in [0.717, 1.165) is 5.41 Å². The van der Waals surface area contributed by atoms with Gasteiger partial charge in [-0.15, -0.1) is 0 Å². The van der Waals surface area contributed by atoms with Crippen LogP contribution in [0.25, 0.3) is 0 Å². The average molecular weight is 168 g/mol. The molecule has 70 valence electrons. The molecule has 0 spiro atoms. The van der Waals surface area contributed by atoms with Gasteiger partial charge in [-0.3, -0.25) is 0 Å². The highest BCUT2D eigenvalue weighted by Crippen LogP contribution is 2.49. The van der Waals surface area contributed by atoms with Crippen LogP contribution in [-0.4, -0.2) is 37.6 Å². The molecule has 0 unspecified atom stereocenters. The van der Waals surface area contributed by atoms with Gasteiger partial charge in [0.15, 0.2) is 0 Å². The lowest BCUT2D eigenvalue weighted by molar-refractivity contribution is 0.193. The second-order valence-corrected chi connectivity index (χ2v) is 4.38. The summed E-state index contributed by atoms with van der Waals surface area (Å²) >= 11 is 0. The van der Waals surface area contributed by atoms with Gasteiger partial charge in [-0.2, -0.15) is 0 Å². The molecule has 0 aromatic heterocycles. The fourth-order valence-corrected chi connectivity index (χ4v) is 2.14. The molecular weight excluding hydrogens is 148 g/mol. The molecule has 2 aliphatic rings. The van der Waals surface area contributed by atoms with Crippen molar-refractivity contribution in [3.8, 4) is 0 Å². The molecule has 2 rings (SSSR count). The Hall–Kier alpha value is -0.0800. The zero-order valence-electron chi connectivity index (χ0n) is 8.10. The van der Waals surface area contributed by atoms with E-state index < -0.39 is 0 Å². The zero-order valence-corrected chi connectivity index (χ0v) is 8.10. The van der Waals surface area contributed by atoms with Crippen LogP contribution in [0.5, 0.6) is 0 Å². The van der Waals surface area contributed by atoms with Gasteiger partial charge in [0.2, 0.25) is 0 Å². The number of hydrogen-bond acceptors (Lipinski definition) is 2. The molecule has 2 fully saturated rings. The summed E-state index contributed by atoms with van der Waals surface area (Å²) in [6, 6.07) is 0. The smallest absolute Gasteiger partial charge is 0.0108 e. The number of rotatable bonds is 3. The van der Waals surface area contributed by atoms with E-state index in [0.29, 0.717) is 0 Å². The van der Waals surface area contributed by atoms with E-state index in [1.165, 1.54) is 52.0 Å². The molecule has 0 aromatic carbocycles. The van der Waals surface area contributed by atoms with Crippen molar-refractivity contribution in [1.29, 1.82) is 0 Å². The minimum atomic E-state index is 0.747. The first-order valence-electron chi connectivity index (χ1n) is 5.28. The van der Waals surface area contributed by atoms with Gasteiger partial charge < -0.3 is 10.2 Å². The normalized spacial score (nSPS) is 28.8. The van der Waals surface area contributed by atoms with E-state index >= 15 is 0 Å². The van der Waals surface area contributed by atoms with Crippen molar-refractivity contribution in [2.24, 2.45) is 5.41 Å². The van der Waals surface area contributed by atoms with Crippen LogP contribution in [0.3, 0.4) is 0 Å². The summed E-state index contributed by atoms with van der Waals surface area (Å²) in [7, 11) is 0. The third kappa shape index (κ3) is 1.80. The number of nitrogens with zero attached hydrogens (tertiary/aromatic N) is 1. The minimum absolute atomic E-state index is 0.747. The molecule has 1 aliphatic heterocycles. The highest BCUT2D eigenvalue weighted by Gasteiger charge is 2.41. The minimum Gasteiger partial charge on any atom is -0.314 e. The second kappa shape index (κ2) is 3.35. The Kier molecular flexibility index (Phi) is 2.37. The highest BCUT2D eigenvalue weighted by atomic mass is 15.2. The lowest BCUT2D eigenvalue weighted by Crippen LogP contribution is -2.45. The van der Waals surface area contributed by atoms with Crippen LogP contribution in [-0.2, 0) is 0 Å². The maximum atomic E-state index is 3.40. The molecule has 12 heavy (non-hydrogen) atoms. The first-order chi connectivity index (χ1) is 5.85. The molecule has 0 aromatic rings. The maximum Gasteiger partial charge on any atom is 0.0108 e. The van der Waals surface area contributed by atoms with Crippen LogP contribution in [0.15, 0.2) is 0 Å². The van der Waals surface area contributed by atoms with Gasteiger partial charge in [-0.25, -0.2) is 0 Å². The van der Waals surface area contributed by atoms with Crippen molar-refractivity contribution in [1.82, 2.24) is 10.2 Å². The molecule has 0 bridgehead atoms. The first-order valence-corrected chi connectivity index (χ1v) is 5.28. The van der Waals surface area contributed by atoms with E-state index in [4.69, 9.17) is 0 Å². The Morgan fingerprint density at radius 2 is 1.92 bits per heavy atom. The third-order valence-corrected chi connectivity index (χ3v) is 3.48. The quantitative estimate of drug-likeness (QED) is 0.678. The predicted octanol–water partition coefficient (Wildman–Crippen LogP) is 1.08. The van der Waals surface area contributed by atoms with Gasteiger partial charge >= 0.3 is 0 Å². The lowest BCUT2D eigenvalue weighted by Gasteiger charge is -2.30. The molecule has 0 amide bonds. The van der Waals surface area contributed by atoms with Gasteiger partial charge in [0.25, 0.3) is 0 Å². The fraction of sp³-hybridized carbons (Fsp3) is 1.00. The van der Waals surface area contributed by atoms with E-state index in [1.807, 2.05) is 0 Å². The number of hydrogen-bond donors (Lipinski definition) is 1. The standard InChI is InChI=1S/C10H20N2/c1-2-10(3-4-10)9-12-7-5-11-6-8-12/h11H,2-9H2,1H3. The Morgan fingerprint density at radius 1 is 1.25 bits per heavy atom. The third-order valence-electron chi connectivity index (χ3n) is 3.48. The number of nitrogens with one attached hydrogen (secondary N) is 1. The molecular formula is C10H20N2. The van der Waals surface area contributed by atoms with Gasteiger partial charge in [0.1, 0.15) is 0 Å². The molecule has 2 nitrogen and oxygen atoms in total. The summed E-state index contributed by atoms with van der Waals surface area (Å²) in [6.07, 6.45) is 4.35. The fourth-order valence-electron chi connectivity index (χ4n) is 2.14. The molecule has 2 heteroatoms. The summed E-state index contributed by atoms with van der Waals surface area (Å²) in [4.78, 5) is 2.63. The average Bonchev–Trinajstić information content (AvgIpc) is 2.88. The number of piperazine rings is 1. The van der Waals surface area contributed by atoms with E-state index in [1.54, 1.807) is 0 Å². The Balaban J connectivity index is 1.77. The van der Waals surface area contributed by atoms with Crippen LogP contribution >= 0.6 is 0 Å². The van der Waals surface area contributed by atoms with Crippen LogP contribution in [0.4, 0.5) is 0 Å². The van der Waals surface area contributed by atoms with Gasteiger partial charge in [0, 0.05) is 32.7 Å². The van der Waals surface area contributed by atoms with Gasteiger partial charge in [-0.05, 0) is 24.7 Å². The summed E-state index contributed by atoms with van der Waals surface area (Å²) in [5.74, 6) is 0. The monoisotopic (exact) mass is 168 g/mol. The topological polar surface area (TPSA) is 15.3 Å². The zero-order chi connectivity index (χ0) is 8.44. The highest BCUT2D eigenvalue weighted by molar-refractivity contribution is 4.94. The maximum absolute atomic E-state index is 3.40. The van der Waals surface area contributed by atoms with Crippen LogP contribution in [0.2, 0.25) is 0 Å². The van der Waals surface area contributed by atoms with Crippen molar-refractivity contribution >= 4 is 0 Å². The predicted molar refractivity (Wildman–Crippen MR) is 51.3 cm³/mol. The first kappa shape index (κ1) is 8.52. The van der Waals surface area contributed by atoms with Crippen molar-refractivity contribution in [2.75, 3.05) is 32.7 Å². The van der Waals surface area contributed by atoms with Crippen molar-refractivity contribution < 1.29 is 0 Å². The summed E-state index contributed by atoms with van der Waals surface area (Å²) < 4.78 is 0. The summed E-state index contributed by atoms with van der Waals surface area (Å²) in [5.41, 5.74) is 0.747. The molecule has 0 atom stereocenters. The van der Waals surface area contributed by atoms with Gasteiger partial charge in [0.05, 0.1) is 0 Å². The lowest BCUT2D eigenvalue weighted by atomic mass is 10.0. The van der Waals surface area contributed by atoms with E-state index in [2.05, 4.69) is 17.1 Å². The van der Waals surface area contributed by atoms with Crippen LogP contribution < -0.4 is 5.32 Å². The Labute approximate surface area is 75.3 Å².